The average molecular weight is 365 g/mol. The van der Waals surface area contributed by atoms with Crippen LogP contribution in [0.2, 0.25) is 0 Å². The lowest BCUT2D eigenvalue weighted by atomic mass is 10.1. The van der Waals surface area contributed by atoms with E-state index in [0.29, 0.717) is 13.2 Å². The molecule has 150 valence electrons. The SMILES string of the molecule is CCC=CCC=CCC=CCCCCCCC(OCCC)C(=O)OCC. The van der Waals surface area contributed by atoms with Crippen LogP contribution in [0.4, 0.5) is 0 Å². The predicted molar refractivity (Wildman–Crippen MR) is 111 cm³/mol. The lowest BCUT2D eigenvalue weighted by molar-refractivity contribution is -0.157. The molecule has 0 aliphatic carbocycles. The molecule has 0 fully saturated rings. The summed E-state index contributed by atoms with van der Waals surface area (Å²) in [4.78, 5) is 11.8. The summed E-state index contributed by atoms with van der Waals surface area (Å²) in [6.07, 6.45) is 23.6. The van der Waals surface area contributed by atoms with Crippen LogP contribution in [0.15, 0.2) is 36.5 Å². The van der Waals surface area contributed by atoms with Crippen molar-refractivity contribution in [1.82, 2.24) is 0 Å². The Balaban J connectivity index is 3.66. The largest absolute Gasteiger partial charge is 0.464 e. The van der Waals surface area contributed by atoms with Crippen LogP contribution in [0.25, 0.3) is 0 Å². The minimum atomic E-state index is -0.381. The minimum Gasteiger partial charge on any atom is -0.464 e. The Kier molecular flexibility index (Phi) is 18.9. The molecule has 0 heterocycles. The van der Waals surface area contributed by atoms with E-state index in [0.717, 1.165) is 51.4 Å². The van der Waals surface area contributed by atoms with Gasteiger partial charge in [-0.05, 0) is 51.9 Å². The van der Waals surface area contributed by atoms with Gasteiger partial charge in [0.2, 0.25) is 0 Å². The summed E-state index contributed by atoms with van der Waals surface area (Å²) < 4.78 is 10.7. The van der Waals surface area contributed by atoms with Gasteiger partial charge in [-0.15, -0.1) is 0 Å². The van der Waals surface area contributed by atoms with Crippen molar-refractivity contribution in [2.75, 3.05) is 13.2 Å². The molecule has 0 aliphatic heterocycles. The van der Waals surface area contributed by atoms with E-state index in [2.05, 4.69) is 50.3 Å². The van der Waals surface area contributed by atoms with E-state index in [4.69, 9.17) is 9.47 Å². The summed E-state index contributed by atoms with van der Waals surface area (Å²) in [5.41, 5.74) is 0. The fourth-order valence-electron chi connectivity index (χ4n) is 2.54. The Labute approximate surface area is 161 Å². The highest BCUT2D eigenvalue weighted by atomic mass is 16.6. The van der Waals surface area contributed by atoms with Crippen molar-refractivity contribution in [2.45, 2.75) is 91.1 Å². The molecule has 26 heavy (non-hydrogen) atoms. The van der Waals surface area contributed by atoms with Crippen molar-refractivity contribution >= 4 is 5.97 Å². The summed E-state index contributed by atoms with van der Waals surface area (Å²) in [7, 11) is 0. The van der Waals surface area contributed by atoms with E-state index >= 15 is 0 Å². The fourth-order valence-corrected chi connectivity index (χ4v) is 2.54. The van der Waals surface area contributed by atoms with Crippen LogP contribution in [-0.4, -0.2) is 25.3 Å². The van der Waals surface area contributed by atoms with Crippen molar-refractivity contribution in [3.8, 4) is 0 Å². The molecule has 0 radical (unpaired) electrons. The molecule has 0 aromatic heterocycles. The van der Waals surface area contributed by atoms with Gasteiger partial charge in [-0.3, -0.25) is 0 Å². The van der Waals surface area contributed by atoms with E-state index in [1.54, 1.807) is 0 Å². The summed E-state index contributed by atoms with van der Waals surface area (Å²) in [6, 6.07) is 0. The van der Waals surface area contributed by atoms with E-state index < -0.39 is 0 Å². The summed E-state index contributed by atoms with van der Waals surface area (Å²) in [5, 5.41) is 0. The average Bonchev–Trinajstić information content (AvgIpc) is 2.64. The van der Waals surface area contributed by atoms with E-state index in [9.17, 15) is 4.79 Å². The van der Waals surface area contributed by atoms with Crippen LogP contribution < -0.4 is 0 Å². The fraction of sp³-hybridized carbons (Fsp3) is 0.696. The quantitative estimate of drug-likeness (QED) is 0.167. The van der Waals surface area contributed by atoms with Gasteiger partial charge in [-0.25, -0.2) is 4.79 Å². The molecule has 1 atom stereocenters. The third-order valence-electron chi connectivity index (χ3n) is 3.94. The van der Waals surface area contributed by atoms with Crippen molar-refractivity contribution in [3.05, 3.63) is 36.5 Å². The van der Waals surface area contributed by atoms with Crippen molar-refractivity contribution in [3.63, 3.8) is 0 Å². The molecule has 0 aliphatic rings. The number of allylic oxidation sites excluding steroid dienone is 6. The number of ether oxygens (including phenoxy) is 2. The highest BCUT2D eigenvalue weighted by Crippen LogP contribution is 2.12. The van der Waals surface area contributed by atoms with Gasteiger partial charge in [0.05, 0.1) is 6.61 Å². The first-order valence-electron chi connectivity index (χ1n) is 10.5. The third-order valence-corrected chi connectivity index (χ3v) is 3.94. The lowest BCUT2D eigenvalue weighted by Crippen LogP contribution is -2.27. The van der Waals surface area contributed by atoms with Crippen LogP contribution in [0.1, 0.15) is 85.0 Å². The van der Waals surface area contributed by atoms with Crippen LogP contribution in [0.5, 0.6) is 0 Å². The summed E-state index contributed by atoms with van der Waals surface area (Å²) in [5.74, 6) is -0.206. The van der Waals surface area contributed by atoms with E-state index in [1.807, 2.05) is 6.92 Å². The first-order chi connectivity index (χ1) is 12.8. The number of carbonyl (C=O) groups is 1. The molecule has 0 saturated heterocycles. The highest BCUT2D eigenvalue weighted by molar-refractivity contribution is 5.74. The van der Waals surface area contributed by atoms with Crippen LogP contribution in [-0.2, 0) is 14.3 Å². The van der Waals surface area contributed by atoms with Gasteiger partial charge in [0, 0.05) is 6.61 Å². The lowest BCUT2D eigenvalue weighted by Gasteiger charge is -2.15. The number of hydrogen-bond donors (Lipinski definition) is 0. The Morgan fingerprint density at radius 1 is 0.846 bits per heavy atom. The Morgan fingerprint density at radius 3 is 2.15 bits per heavy atom. The van der Waals surface area contributed by atoms with Gasteiger partial charge in [0.1, 0.15) is 0 Å². The molecular weight excluding hydrogens is 324 g/mol. The van der Waals surface area contributed by atoms with Crippen molar-refractivity contribution < 1.29 is 14.3 Å². The minimum absolute atomic E-state index is 0.206. The second-order valence-corrected chi connectivity index (χ2v) is 6.40. The van der Waals surface area contributed by atoms with Gasteiger partial charge in [-0.2, -0.15) is 0 Å². The number of hydrogen-bond acceptors (Lipinski definition) is 3. The smallest absolute Gasteiger partial charge is 0.335 e. The van der Waals surface area contributed by atoms with Gasteiger partial charge in [0.25, 0.3) is 0 Å². The van der Waals surface area contributed by atoms with E-state index in [1.165, 1.54) is 12.8 Å². The molecule has 0 bridgehead atoms. The maximum absolute atomic E-state index is 11.8. The predicted octanol–water partition coefficient (Wildman–Crippen LogP) is 6.54. The van der Waals surface area contributed by atoms with Gasteiger partial charge in [0.15, 0.2) is 6.10 Å². The molecule has 0 amide bonds. The monoisotopic (exact) mass is 364 g/mol. The molecule has 1 unspecified atom stereocenters. The van der Waals surface area contributed by atoms with Gasteiger partial charge >= 0.3 is 5.97 Å². The summed E-state index contributed by atoms with van der Waals surface area (Å²) in [6.45, 7) is 7.08. The van der Waals surface area contributed by atoms with Crippen molar-refractivity contribution in [1.29, 1.82) is 0 Å². The Bertz CT molecular complexity index is 396. The zero-order valence-corrected chi connectivity index (χ0v) is 17.3. The van der Waals surface area contributed by atoms with Gasteiger partial charge in [-0.1, -0.05) is 69.6 Å². The Morgan fingerprint density at radius 2 is 1.50 bits per heavy atom. The maximum Gasteiger partial charge on any atom is 0.335 e. The first kappa shape index (κ1) is 24.7. The molecule has 0 aromatic rings. The molecule has 3 heteroatoms. The Hall–Kier alpha value is -1.35. The zero-order chi connectivity index (χ0) is 19.3. The van der Waals surface area contributed by atoms with Gasteiger partial charge < -0.3 is 9.47 Å². The second kappa shape index (κ2) is 20.0. The number of rotatable bonds is 17. The maximum atomic E-state index is 11.8. The zero-order valence-electron chi connectivity index (χ0n) is 17.3. The number of unbranched alkanes of at least 4 members (excludes halogenated alkanes) is 4. The van der Waals surface area contributed by atoms with E-state index in [-0.39, 0.29) is 12.1 Å². The van der Waals surface area contributed by atoms with Crippen LogP contribution >= 0.6 is 0 Å². The van der Waals surface area contributed by atoms with Crippen LogP contribution in [0, 0.1) is 0 Å². The first-order valence-corrected chi connectivity index (χ1v) is 10.5. The normalized spacial score (nSPS) is 13.2. The topological polar surface area (TPSA) is 35.5 Å². The second-order valence-electron chi connectivity index (χ2n) is 6.40. The van der Waals surface area contributed by atoms with Crippen molar-refractivity contribution in [2.24, 2.45) is 0 Å². The molecule has 0 spiro atoms. The summed E-state index contributed by atoms with van der Waals surface area (Å²) >= 11 is 0. The highest BCUT2D eigenvalue weighted by Gasteiger charge is 2.19. The molecular formula is C23H40O3. The molecule has 0 aromatic carbocycles. The molecule has 0 N–H and O–H groups in total. The van der Waals surface area contributed by atoms with Crippen LogP contribution in [0.3, 0.4) is 0 Å². The molecule has 3 nitrogen and oxygen atoms in total. The third kappa shape index (κ3) is 16.1. The number of esters is 1. The standard InChI is InChI=1S/C23H40O3/c1-4-7-8-9-10-11-12-13-14-15-16-17-18-19-20-22(26-21-5-2)23(24)25-6-3/h7-8,10-11,13-14,22H,4-6,9,12,15-21H2,1-3H3. The molecule has 0 rings (SSSR count). The molecule has 0 saturated carbocycles. The number of carbonyl (C=O) groups excluding carboxylic acids is 1.